The molecule has 0 spiro atoms. The Morgan fingerprint density at radius 3 is 2.47 bits per heavy atom. The maximum absolute atomic E-state index is 5.35. The summed E-state index contributed by atoms with van der Waals surface area (Å²) in [5.41, 5.74) is 0. The molecule has 1 aliphatic heterocycles. The third kappa shape index (κ3) is 2.86. The molecule has 104 valence electrons. The van der Waals surface area contributed by atoms with Gasteiger partial charge >= 0.3 is 0 Å². The molecule has 1 saturated carbocycles. The number of anilines is 3. The van der Waals surface area contributed by atoms with E-state index in [0.29, 0.717) is 17.9 Å². The molecule has 0 unspecified atom stereocenters. The van der Waals surface area contributed by atoms with E-state index >= 15 is 0 Å². The number of aromatic nitrogens is 3. The highest BCUT2D eigenvalue weighted by Crippen LogP contribution is 2.23. The summed E-state index contributed by atoms with van der Waals surface area (Å²) in [5.74, 6) is 2.01. The summed E-state index contributed by atoms with van der Waals surface area (Å²) in [5, 5.41) is 6.37. The van der Waals surface area contributed by atoms with Crippen LogP contribution in [0.15, 0.2) is 0 Å². The first-order valence-corrected chi connectivity index (χ1v) is 6.88. The maximum Gasteiger partial charge on any atom is 0.232 e. The van der Waals surface area contributed by atoms with E-state index in [2.05, 4.69) is 30.5 Å². The lowest BCUT2D eigenvalue weighted by atomic mass is 9.93. The smallest absolute Gasteiger partial charge is 0.232 e. The Balaban J connectivity index is 1.78. The number of nitrogens with one attached hydrogen (secondary N) is 2. The molecule has 1 aromatic rings. The third-order valence-corrected chi connectivity index (χ3v) is 3.58. The zero-order chi connectivity index (χ0) is 13.1. The summed E-state index contributed by atoms with van der Waals surface area (Å²) in [4.78, 5) is 15.5. The fourth-order valence-electron chi connectivity index (χ4n) is 2.18. The second-order valence-corrected chi connectivity index (χ2v) is 4.90. The van der Waals surface area contributed by atoms with Gasteiger partial charge in [-0.3, -0.25) is 0 Å². The number of hydrogen-bond acceptors (Lipinski definition) is 7. The van der Waals surface area contributed by atoms with Gasteiger partial charge in [-0.25, -0.2) is 0 Å². The van der Waals surface area contributed by atoms with Crippen LogP contribution < -0.4 is 15.5 Å². The van der Waals surface area contributed by atoms with Crippen LogP contribution >= 0.6 is 0 Å². The Bertz CT molecular complexity index is 430. The number of rotatable bonds is 4. The molecule has 7 nitrogen and oxygen atoms in total. The lowest BCUT2D eigenvalue weighted by Gasteiger charge is -2.29. The molecule has 2 aliphatic rings. The van der Waals surface area contributed by atoms with E-state index in [1.807, 2.05) is 7.05 Å². The lowest BCUT2D eigenvalue weighted by Crippen LogP contribution is -2.38. The molecule has 0 atom stereocenters. The number of morpholine rings is 1. The Morgan fingerprint density at radius 2 is 1.84 bits per heavy atom. The van der Waals surface area contributed by atoms with E-state index in [1.165, 1.54) is 19.3 Å². The van der Waals surface area contributed by atoms with Gasteiger partial charge in [-0.1, -0.05) is 0 Å². The normalized spacial score (nSPS) is 19.9. The first kappa shape index (κ1) is 12.4. The first-order valence-electron chi connectivity index (χ1n) is 6.88. The molecule has 0 aromatic carbocycles. The number of ether oxygens (including phenoxy) is 1. The van der Waals surface area contributed by atoms with Crippen molar-refractivity contribution >= 4 is 17.8 Å². The molecule has 2 N–H and O–H groups in total. The maximum atomic E-state index is 5.35. The minimum absolute atomic E-state index is 0.518. The summed E-state index contributed by atoms with van der Waals surface area (Å²) in [6, 6.07) is 0.518. The van der Waals surface area contributed by atoms with Crippen LogP contribution in [0.5, 0.6) is 0 Å². The minimum atomic E-state index is 0.518. The van der Waals surface area contributed by atoms with Gasteiger partial charge in [0.05, 0.1) is 13.2 Å². The Hall–Kier alpha value is -1.63. The fourth-order valence-corrected chi connectivity index (χ4v) is 2.18. The van der Waals surface area contributed by atoms with Crippen LogP contribution in [-0.4, -0.2) is 54.3 Å². The van der Waals surface area contributed by atoms with Gasteiger partial charge in [0.1, 0.15) is 0 Å². The highest BCUT2D eigenvalue weighted by molar-refractivity contribution is 5.44. The van der Waals surface area contributed by atoms with Crippen LogP contribution in [0.4, 0.5) is 17.8 Å². The average molecular weight is 264 g/mol. The van der Waals surface area contributed by atoms with Crippen molar-refractivity contribution in [2.24, 2.45) is 0 Å². The van der Waals surface area contributed by atoms with Crippen molar-refractivity contribution in [3.05, 3.63) is 0 Å². The zero-order valence-corrected chi connectivity index (χ0v) is 11.2. The predicted molar refractivity (Wildman–Crippen MR) is 73.7 cm³/mol. The van der Waals surface area contributed by atoms with Crippen LogP contribution in [0.3, 0.4) is 0 Å². The zero-order valence-electron chi connectivity index (χ0n) is 11.2. The summed E-state index contributed by atoms with van der Waals surface area (Å²) < 4.78 is 5.35. The van der Waals surface area contributed by atoms with Gasteiger partial charge in [-0.05, 0) is 19.3 Å². The van der Waals surface area contributed by atoms with Crippen LogP contribution in [0.2, 0.25) is 0 Å². The predicted octanol–water partition coefficient (Wildman–Crippen LogP) is 0.714. The summed E-state index contributed by atoms with van der Waals surface area (Å²) in [6.07, 6.45) is 3.69. The molecule has 0 amide bonds. The topological polar surface area (TPSA) is 75.2 Å². The second-order valence-electron chi connectivity index (χ2n) is 4.90. The minimum Gasteiger partial charge on any atom is -0.378 e. The van der Waals surface area contributed by atoms with Gasteiger partial charge in [0, 0.05) is 26.2 Å². The quantitative estimate of drug-likeness (QED) is 0.829. The number of hydrogen-bond donors (Lipinski definition) is 2. The monoisotopic (exact) mass is 264 g/mol. The van der Waals surface area contributed by atoms with Crippen LogP contribution in [-0.2, 0) is 4.74 Å². The van der Waals surface area contributed by atoms with Crippen molar-refractivity contribution in [2.45, 2.75) is 25.3 Å². The van der Waals surface area contributed by atoms with Gasteiger partial charge < -0.3 is 20.3 Å². The van der Waals surface area contributed by atoms with E-state index in [4.69, 9.17) is 4.74 Å². The summed E-state index contributed by atoms with van der Waals surface area (Å²) in [7, 11) is 1.82. The Kier molecular flexibility index (Phi) is 3.63. The average Bonchev–Trinajstić information content (AvgIpc) is 2.43. The molecule has 19 heavy (non-hydrogen) atoms. The molecular formula is C12H20N6O. The van der Waals surface area contributed by atoms with E-state index in [-0.39, 0.29) is 0 Å². The first-order chi connectivity index (χ1) is 9.35. The van der Waals surface area contributed by atoms with Gasteiger partial charge in [-0.2, -0.15) is 15.0 Å². The summed E-state index contributed by atoms with van der Waals surface area (Å²) in [6.45, 7) is 3.12. The molecular weight excluding hydrogens is 244 g/mol. The molecule has 2 heterocycles. The van der Waals surface area contributed by atoms with Crippen molar-refractivity contribution in [1.29, 1.82) is 0 Å². The second kappa shape index (κ2) is 5.56. The van der Waals surface area contributed by atoms with Gasteiger partial charge in [0.25, 0.3) is 0 Å². The summed E-state index contributed by atoms with van der Waals surface area (Å²) >= 11 is 0. The molecule has 7 heteroatoms. The Morgan fingerprint density at radius 1 is 1.11 bits per heavy atom. The van der Waals surface area contributed by atoms with E-state index in [1.54, 1.807) is 0 Å². The van der Waals surface area contributed by atoms with Crippen LogP contribution in [0, 0.1) is 0 Å². The SMILES string of the molecule is CNc1nc(NC2CCC2)nc(N2CCOCC2)n1. The molecule has 2 fully saturated rings. The number of nitrogens with zero attached hydrogens (tertiary/aromatic N) is 4. The molecule has 1 aliphatic carbocycles. The molecule has 0 bridgehead atoms. The molecule has 0 radical (unpaired) electrons. The third-order valence-electron chi connectivity index (χ3n) is 3.58. The van der Waals surface area contributed by atoms with Gasteiger partial charge in [0.15, 0.2) is 0 Å². The highest BCUT2D eigenvalue weighted by Gasteiger charge is 2.20. The van der Waals surface area contributed by atoms with E-state index < -0.39 is 0 Å². The van der Waals surface area contributed by atoms with Crippen molar-refractivity contribution in [3.8, 4) is 0 Å². The molecule has 3 rings (SSSR count). The van der Waals surface area contributed by atoms with Crippen LogP contribution in [0.25, 0.3) is 0 Å². The largest absolute Gasteiger partial charge is 0.378 e. The fraction of sp³-hybridized carbons (Fsp3) is 0.750. The highest BCUT2D eigenvalue weighted by atomic mass is 16.5. The molecule has 1 saturated heterocycles. The van der Waals surface area contributed by atoms with Crippen molar-refractivity contribution in [1.82, 2.24) is 15.0 Å². The van der Waals surface area contributed by atoms with Crippen molar-refractivity contribution in [3.63, 3.8) is 0 Å². The van der Waals surface area contributed by atoms with E-state index in [0.717, 1.165) is 32.3 Å². The molecule has 1 aromatic heterocycles. The standard InChI is InChI=1S/C12H20N6O/c1-13-10-15-11(14-9-3-2-4-9)17-12(16-10)18-5-7-19-8-6-18/h9H,2-8H2,1H3,(H2,13,14,15,16,17). The van der Waals surface area contributed by atoms with Crippen molar-refractivity contribution < 1.29 is 4.74 Å². The Labute approximate surface area is 112 Å². The van der Waals surface area contributed by atoms with Gasteiger partial charge in [-0.15, -0.1) is 0 Å². The van der Waals surface area contributed by atoms with Crippen LogP contribution in [0.1, 0.15) is 19.3 Å². The van der Waals surface area contributed by atoms with Gasteiger partial charge in [0.2, 0.25) is 17.8 Å². The van der Waals surface area contributed by atoms with E-state index in [9.17, 15) is 0 Å². The lowest BCUT2D eigenvalue weighted by molar-refractivity contribution is 0.122. The van der Waals surface area contributed by atoms with Crippen molar-refractivity contribution in [2.75, 3.05) is 48.9 Å².